The van der Waals surface area contributed by atoms with Gasteiger partial charge in [0.25, 0.3) is 5.91 Å². The molecule has 0 spiro atoms. The van der Waals surface area contributed by atoms with E-state index in [1.54, 1.807) is 6.07 Å². The van der Waals surface area contributed by atoms with Gasteiger partial charge in [-0.2, -0.15) is 0 Å². The predicted molar refractivity (Wildman–Crippen MR) is 76.3 cm³/mol. The number of hydrogen-bond acceptors (Lipinski definition) is 4. The molecule has 5 nitrogen and oxygen atoms in total. The molecular weight excluding hydrogens is 254 g/mol. The van der Waals surface area contributed by atoms with Gasteiger partial charge in [0.1, 0.15) is 12.0 Å². The summed E-state index contributed by atoms with van der Waals surface area (Å²) < 4.78 is 0. The molecule has 0 aliphatic rings. The largest absolute Gasteiger partial charge is 0.341 e. The summed E-state index contributed by atoms with van der Waals surface area (Å²) in [6, 6.07) is 6.84. The number of aldehydes is 1. The summed E-state index contributed by atoms with van der Waals surface area (Å²) in [6.07, 6.45) is 2.79. The van der Waals surface area contributed by atoms with Gasteiger partial charge in [-0.05, 0) is 24.5 Å². The van der Waals surface area contributed by atoms with Crippen molar-refractivity contribution in [2.24, 2.45) is 5.92 Å². The smallest absolute Gasteiger partial charge is 0.272 e. The molecule has 1 amide bonds. The van der Waals surface area contributed by atoms with Gasteiger partial charge in [0.2, 0.25) is 0 Å². The number of nitrogens with zero attached hydrogens (tertiary/aromatic N) is 2. The molecule has 0 aliphatic carbocycles. The van der Waals surface area contributed by atoms with E-state index < -0.39 is 6.04 Å². The number of amides is 1. The lowest BCUT2D eigenvalue weighted by Gasteiger charge is -2.14. The van der Waals surface area contributed by atoms with Gasteiger partial charge < -0.3 is 10.1 Å². The van der Waals surface area contributed by atoms with Gasteiger partial charge >= 0.3 is 0 Å². The van der Waals surface area contributed by atoms with Crippen molar-refractivity contribution >= 4 is 23.2 Å². The van der Waals surface area contributed by atoms with E-state index in [9.17, 15) is 9.59 Å². The second-order valence-electron chi connectivity index (χ2n) is 5.09. The minimum atomic E-state index is -0.490. The number of carbonyl (C=O) groups is 2. The van der Waals surface area contributed by atoms with Crippen molar-refractivity contribution in [1.29, 1.82) is 0 Å². The van der Waals surface area contributed by atoms with Crippen molar-refractivity contribution in [3.8, 4) is 0 Å². The Morgan fingerprint density at radius 2 is 2.00 bits per heavy atom. The molecule has 0 aliphatic heterocycles. The third kappa shape index (κ3) is 3.38. The Bertz CT molecular complexity index is 625. The molecule has 0 bridgehead atoms. The molecule has 0 fully saturated rings. The third-order valence-electron chi connectivity index (χ3n) is 2.89. The minimum Gasteiger partial charge on any atom is -0.341 e. The SMILES string of the molecule is CC(C)C[C@@H](C=O)NC(=O)c1cnc2ccccc2n1. The Kier molecular flexibility index (Phi) is 4.40. The highest BCUT2D eigenvalue weighted by Crippen LogP contribution is 2.09. The third-order valence-corrected chi connectivity index (χ3v) is 2.89. The van der Waals surface area contributed by atoms with E-state index in [1.165, 1.54) is 6.20 Å². The Morgan fingerprint density at radius 3 is 2.65 bits per heavy atom. The van der Waals surface area contributed by atoms with Crippen molar-refractivity contribution in [3.05, 3.63) is 36.2 Å². The van der Waals surface area contributed by atoms with Gasteiger partial charge in [-0.3, -0.25) is 9.78 Å². The first kappa shape index (κ1) is 14.1. The molecule has 2 aromatic rings. The lowest BCUT2D eigenvalue weighted by Crippen LogP contribution is -2.37. The minimum absolute atomic E-state index is 0.222. The first-order chi connectivity index (χ1) is 9.60. The van der Waals surface area contributed by atoms with E-state index >= 15 is 0 Å². The molecule has 1 aromatic carbocycles. The number of carbonyl (C=O) groups excluding carboxylic acids is 2. The topological polar surface area (TPSA) is 72.0 Å². The number of fused-ring (bicyclic) bond motifs is 1. The predicted octanol–water partition coefficient (Wildman–Crippen LogP) is 1.97. The maximum absolute atomic E-state index is 12.1. The quantitative estimate of drug-likeness (QED) is 0.844. The van der Waals surface area contributed by atoms with Crippen molar-refractivity contribution in [3.63, 3.8) is 0 Å². The van der Waals surface area contributed by atoms with Gasteiger partial charge in [-0.25, -0.2) is 4.98 Å². The highest BCUT2D eigenvalue weighted by atomic mass is 16.2. The monoisotopic (exact) mass is 271 g/mol. The van der Waals surface area contributed by atoms with Gasteiger partial charge in [0.15, 0.2) is 0 Å². The zero-order valence-electron chi connectivity index (χ0n) is 11.5. The fourth-order valence-electron chi connectivity index (χ4n) is 1.97. The summed E-state index contributed by atoms with van der Waals surface area (Å²) in [4.78, 5) is 31.5. The number of hydrogen-bond donors (Lipinski definition) is 1. The molecule has 104 valence electrons. The molecule has 1 N–H and O–H groups in total. The molecule has 1 heterocycles. The van der Waals surface area contributed by atoms with Crippen LogP contribution in [0, 0.1) is 5.92 Å². The number of rotatable bonds is 5. The standard InChI is InChI=1S/C15H17N3O2/c1-10(2)7-11(9-19)17-15(20)14-8-16-12-5-3-4-6-13(12)18-14/h3-6,8-11H,7H2,1-2H3,(H,17,20)/t11-/m0/s1. The molecule has 2 rings (SSSR count). The maximum Gasteiger partial charge on any atom is 0.272 e. The average Bonchev–Trinajstić information content (AvgIpc) is 2.45. The summed E-state index contributed by atoms with van der Waals surface area (Å²) in [5.74, 6) is -0.0470. The molecule has 0 saturated carbocycles. The van der Waals surface area contributed by atoms with Crippen molar-refractivity contribution < 1.29 is 9.59 Å². The normalized spacial score (nSPS) is 12.3. The molecule has 5 heteroatoms. The Hall–Kier alpha value is -2.30. The Labute approximate surface area is 117 Å². The maximum atomic E-state index is 12.1. The second kappa shape index (κ2) is 6.23. The summed E-state index contributed by atoms with van der Waals surface area (Å²) in [7, 11) is 0. The van der Waals surface area contributed by atoms with E-state index in [0.717, 1.165) is 11.8 Å². The van der Waals surface area contributed by atoms with Crippen LogP contribution in [0.2, 0.25) is 0 Å². The van der Waals surface area contributed by atoms with Crippen LogP contribution in [0.5, 0.6) is 0 Å². The fraction of sp³-hybridized carbons (Fsp3) is 0.333. The van der Waals surface area contributed by atoms with E-state index in [4.69, 9.17) is 0 Å². The molecule has 1 aromatic heterocycles. The summed E-state index contributed by atoms with van der Waals surface area (Å²) in [5.41, 5.74) is 1.61. The van der Waals surface area contributed by atoms with Gasteiger partial charge in [0.05, 0.1) is 23.3 Å². The van der Waals surface area contributed by atoms with E-state index in [2.05, 4.69) is 15.3 Å². The van der Waals surface area contributed by atoms with Crippen LogP contribution in [0.3, 0.4) is 0 Å². The summed E-state index contributed by atoms with van der Waals surface area (Å²) >= 11 is 0. The average molecular weight is 271 g/mol. The van der Waals surface area contributed by atoms with E-state index in [-0.39, 0.29) is 11.6 Å². The fourth-order valence-corrected chi connectivity index (χ4v) is 1.97. The van der Waals surface area contributed by atoms with Crippen molar-refractivity contribution in [2.75, 3.05) is 0 Å². The van der Waals surface area contributed by atoms with Crippen molar-refractivity contribution in [1.82, 2.24) is 15.3 Å². The number of aromatic nitrogens is 2. The molecule has 1 atom stereocenters. The molecular formula is C15H17N3O2. The number of para-hydroxylation sites is 2. The van der Waals surface area contributed by atoms with E-state index in [1.807, 2.05) is 32.0 Å². The second-order valence-corrected chi connectivity index (χ2v) is 5.09. The summed E-state index contributed by atoms with van der Waals surface area (Å²) in [6.45, 7) is 4.00. The Morgan fingerprint density at radius 1 is 1.30 bits per heavy atom. The highest BCUT2D eigenvalue weighted by molar-refractivity contribution is 5.95. The lowest BCUT2D eigenvalue weighted by atomic mass is 10.0. The van der Waals surface area contributed by atoms with Crippen LogP contribution in [-0.4, -0.2) is 28.2 Å². The number of benzene rings is 1. The highest BCUT2D eigenvalue weighted by Gasteiger charge is 2.15. The Balaban J connectivity index is 2.16. The van der Waals surface area contributed by atoms with Gasteiger partial charge in [0, 0.05) is 0 Å². The van der Waals surface area contributed by atoms with Crippen LogP contribution in [-0.2, 0) is 4.79 Å². The van der Waals surface area contributed by atoms with Crippen LogP contribution < -0.4 is 5.32 Å². The molecule has 0 unspecified atom stereocenters. The number of nitrogens with one attached hydrogen (secondary N) is 1. The van der Waals surface area contributed by atoms with E-state index in [0.29, 0.717) is 17.9 Å². The van der Waals surface area contributed by atoms with Gasteiger partial charge in [-0.1, -0.05) is 26.0 Å². The first-order valence-corrected chi connectivity index (χ1v) is 6.58. The summed E-state index contributed by atoms with van der Waals surface area (Å²) in [5, 5.41) is 2.67. The molecule has 0 radical (unpaired) electrons. The van der Waals surface area contributed by atoms with Gasteiger partial charge in [-0.15, -0.1) is 0 Å². The van der Waals surface area contributed by atoms with Crippen LogP contribution in [0.4, 0.5) is 0 Å². The lowest BCUT2D eigenvalue weighted by molar-refractivity contribution is -0.109. The van der Waals surface area contributed by atoms with Crippen LogP contribution in [0.1, 0.15) is 30.8 Å². The van der Waals surface area contributed by atoms with Crippen LogP contribution in [0.25, 0.3) is 11.0 Å². The molecule has 20 heavy (non-hydrogen) atoms. The zero-order chi connectivity index (χ0) is 14.5. The molecule has 0 saturated heterocycles. The van der Waals surface area contributed by atoms with Crippen molar-refractivity contribution in [2.45, 2.75) is 26.3 Å². The first-order valence-electron chi connectivity index (χ1n) is 6.58. The zero-order valence-corrected chi connectivity index (χ0v) is 11.5. The van der Waals surface area contributed by atoms with Crippen LogP contribution in [0.15, 0.2) is 30.5 Å². The van der Waals surface area contributed by atoms with Crippen LogP contribution >= 0.6 is 0 Å².